The van der Waals surface area contributed by atoms with Gasteiger partial charge >= 0.3 is 0 Å². The Kier molecular flexibility index (Phi) is 6.09. The number of carbonyl (C=O) groups is 1. The van der Waals surface area contributed by atoms with Crippen molar-refractivity contribution in [1.29, 1.82) is 0 Å². The van der Waals surface area contributed by atoms with E-state index in [2.05, 4.69) is 37.4 Å². The van der Waals surface area contributed by atoms with E-state index in [1.807, 2.05) is 24.3 Å². The number of methoxy groups -OCH3 is 1. The molecular formula is C22H20ClNO2S. The topological polar surface area (TPSA) is 38.3 Å². The summed E-state index contributed by atoms with van der Waals surface area (Å²) in [5.41, 5.74) is 3.60. The highest BCUT2D eigenvalue weighted by Crippen LogP contribution is 2.32. The lowest BCUT2D eigenvalue weighted by molar-refractivity contribution is 0.102. The maximum atomic E-state index is 12.5. The molecule has 1 amide bonds. The van der Waals surface area contributed by atoms with Crippen molar-refractivity contribution in [2.24, 2.45) is 0 Å². The zero-order valence-electron chi connectivity index (χ0n) is 15.4. The molecule has 3 aromatic carbocycles. The van der Waals surface area contributed by atoms with Gasteiger partial charge in [-0.15, -0.1) is 0 Å². The van der Waals surface area contributed by atoms with E-state index in [4.69, 9.17) is 16.3 Å². The summed E-state index contributed by atoms with van der Waals surface area (Å²) in [6.45, 7) is 4.20. The van der Waals surface area contributed by atoms with Gasteiger partial charge < -0.3 is 10.1 Å². The van der Waals surface area contributed by atoms with Crippen molar-refractivity contribution in [1.82, 2.24) is 0 Å². The molecule has 0 aliphatic carbocycles. The Balaban J connectivity index is 1.73. The highest BCUT2D eigenvalue weighted by Gasteiger charge is 2.13. The third-order valence-electron chi connectivity index (χ3n) is 4.09. The van der Waals surface area contributed by atoms with E-state index < -0.39 is 0 Å². The molecule has 138 valence electrons. The summed E-state index contributed by atoms with van der Waals surface area (Å²) in [7, 11) is 1.53. The minimum atomic E-state index is -0.260. The van der Waals surface area contributed by atoms with Gasteiger partial charge in [-0.2, -0.15) is 0 Å². The van der Waals surface area contributed by atoms with Crippen molar-refractivity contribution in [3.05, 3.63) is 82.4 Å². The lowest BCUT2D eigenvalue weighted by atomic mass is 10.2. The third-order valence-corrected chi connectivity index (χ3v) is 5.49. The van der Waals surface area contributed by atoms with Crippen molar-refractivity contribution in [3.63, 3.8) is 0 Å². The average molecular weight is 398 g/mol. The number of ether oxygens (including phenoxy) is 1. The van der Waals surface area contributed by atoms with E-state index in [-0.39, 0.29) is 5.91 Å². The number of carbonyl (C=O) groups excluding carboxylic acids is 1. The van der Waals surface area contributed by atoms with Gasteiger partial charge in [0.1, 0.15) is 5.75 Å². The number of hydrogen-bond donors (Lipinski definition) is 1. The second-order valence-electron chi connectivity index (χ2n) is 6.19. The van der Waals surface area contributed by atoms with Gasteiger partial charge in [-0.3, -0.25) is 4.79 Å². The number of halogens is 1. The van der Waals surface area contributed by atoms with Crippen LogP contribution in [-0.4, -0.2) is 13.0 Å². The van der Waals surface area contributed by atoms with E-state index >= 15 is 0 Å². The molecule has 3 rings (SSSR count). The zero-order chi connectivity index (χ0) is 19.4. The lowest BCUT2D eigenvalue weighted by Gasteiger charge is -2.11. The second-order valence-corrected chi connectivity index (χ2v) is 7.75. The predicted octanol–water partition coefficient (Wildman–Crippen LogP) is 6.37. The van der Waals surface area contributed by atoms with Crippen molar-refractivity contribution in [2.45, 2.75) is 23.6 Å². The van der Waals surface area contributed by atoms with Crippen molar-refractivity contribution in [3.8, 4) is 5.75 Å². The van der Waals surface area contributed by atoms with Gasteiger partial charge in [0.15, 0.2) is 0 Å². The van der Waals surface area contributed by atoms with Crippen LogP contribution in [0.25, 0.3) is 0 Å². The summed E-state index contributed by atoms with van der Waals surface area (Å²) in [6, 6.07) is 19.2. The SMILES string of the molecule is COc1ccc(Cl)cc1C(=O)Nc1ccc(Sc2cc(C)ccc2C)cc1. The highest BCUT2D eigenvalue weighted by molar-refractivity contribution is 7.99. The van der Waals surface area contributed by atoms with Crippen LogP contribution in [0, 0.1) is 13.8 Å². The van der Waals surface area contributed by atoms with Crippen molar-refractivity contribution < 1.29 is 9.53 Å². The van der Waals surface area contributed by atoms with E-state index in [1.165, 1.54) is 23.1 Å². The van der Waals surface area contributed by atoms with Gasteiger partial charge in [0.05, 0.1) is 12.7 Å². The summed E-state index contributed by atoms with van der Waals surface area (Å²) in [4.78, 5) is 14.9. The number of benzene rings is 3. The summed E-state index contributed by atoms with van der Waals surface area (Å²) in [5, 5.41) is 3.37. The molecule has 0 spiro atoms. The molecule has 0 aromatic heterocycles. The minimum Gasteiger partial charge on any atom is -0.496 e. The maximum Gasteiger partial charge on any atom is 0.259 e. The van der Waals surface area contributed by atoms with Crippen LogP contribution in [-0.2, 0) is 0 Å². The Bertz CT molecular complexity index is 971. The summed E-state index contributed by atoms with van der Waals surface area (Å²) in [5.74, 6) is 0.225. The predicted molar refractivity (Wildman–Crippen MR) is 112 cm³/mol. The van der Waals surface area contributed by atoms with Crippen LogP contribution in [0.2, 0.25) is 5.02 Å². The quantitative estimate of drug-likeness (QED) is 0.543. The first kappa shape index (κ1) is 19.3. The van der Waals surface area contributed by atoms with E-state index in [0.29, 0.717) is 22.0 Å². The van der Waals surface area contributed by atoms with Crippen molar-refractivity contribution >= 4 is 35.0 Å². The van der Waals surface area contributed by atoms with Crippen LogP contribution in [0.1, 0.15) is 21.5 Å². The molecule has 0 radical (unpaired) electrons. The third kappa shape index (κ3) is 4.85. The molecule has 0 saturated heterocycles. The van der Waals surface area contributed by atoms with E-state index in [9.17, 15) is 4.79 Å². The molecule has 0 aliphatic rings. The number of rotatable bonds is 5. The van der Waals surface area contributed by atoms with Crippen LogP contribution in [0.3, 0.4) is 0 Å². The standard InChI is InChI=1S/C22H20ClNO2S/c1-14-4-5-15(2)21(12-14)27-18-9-7-17(8-10-18)24-22(25)19-13-16(23)6-11-20(19)26-3/h4-13H,1-3H3,(H,24,25). The first-order valence-electron chi connectivity index (χ1n) is 8.46. The van der Waals surface area contributed by atoms with Gasteiger partial charge in [-0.1, -0.05) is 35.5 Å². The molecule has 27 heavy (non-hydrogen) atoms. The van der Waals surface area contributed by atoms with E-state index in [1.54, 1.807) is 30.0 Å². The summed E-state index contributed by atoms with van der Waals surface area (Å²) in [6.07, 6.45) is 0. The molecule has 0 saturated carbocycles. The fourth-order valence-electron chi connectivity index (χ4n) is 2.61. The number of aryl methyl sites for hydroxylation is 2. The van der Waals surface area contributed by atoms with Crippen LogP contribution < -0.4 is 10.1 Å². The average Bonchev–Trinajstić information content (AvgIpc) is 2.66. The van der Waals surface area contributed by atoms with Crippen molar-refractivity contribution in [2.75, 3.05) is 12.4 Å². The summed E-state index contributed by atoms with van der Waals surface area (Å²) >= 11 is 7.71. The maximum absolute atomic E-state index is 12.5. The molecule has 0 aliphatic heterocycles. The molecule has 3 aromatic rings. The molecule has 0 unspecified atom stereocenters. The Labute approximate surface area is 168 Å². The molecule has 0 atom stereocenters. The Morgan fingerprint density at radius 3 is 2.44 bits per heavy atom. The number of anilines is 1. The fraction of sp³-hybridized carbons (Fsp3) is 0.136. The normalized spacial score (nSPS) is 10.5. The second kappa shape index (κ2) is 8.51. The zero-order valence-corrected chi connectivity index (χ0v) is 16.9. The van der Waals surface area contributed by atoms with Gasteiger partial charge in [0, 0.05) is 20.5 Å². The number of hydrogen-bond acceptors (Lipinski definition) is 3. The fourth-order valence-corrected chi connectivity index (χ4v) is 3.78. The minimum absolute atomic E-state index is 0.260. The monoisotopic (exact) mass is 397 g/mol. The van der Waals surface area contributed by atoms with Gasteiger partial charge in [-0.05, 0) is 73.5 Å². The van der Waals surface area contributed by atoms with Gasteiger partial charge in [-0.25, -0.2) is 0 Å². The summed E-state index contributed by atoms with van der Waals surface area (Å²) < 4.78 is 5.24. The Hall–Kier alpha value is -2.43. The highest BCUT2D eigenvalue weighted by atomic mass is 35.5. The first-order chi connectivity index (χ1) is 13.0. The molecule has 5 heteroatoms. The van der Waals surface area contributed by atoms with Crippen LogP contribution in [0.15, 0.2) is 70.5 Å². The molecule has 0 heterocycles. The molecule has 1 N–H and O–H groups in total. The molecule has 3 nitrogen and oxygen atoms in total. The number of amides is 1. The van der Waals surface area contributed by atoms with E-state index in [0.717, 1.165) is 4.90 Å². The Morgan fingerprint density at radius 2 is 1.74 bits per heavy atom. The first-order valence-corrected chi connectivity index (χ1v) is 9.66. The molecule has 0 fully saturated rings. The van der Waals surface area contributed by atoms with Crippen LogP contribution >= 0.6 is 23.4 Å². The van der Waals surface area contributed by atoms with Crippen LogP contribution in [0.5, 0.6) is 5.75 Å². The largest absolute Gasteiger partial charge is 0.496 e. The molecule has 0 bridgehead atoms. The van der Waals surface area contributed by atoms with Gasteiger partial charge in [0.2, 0.25) is 0 Å². The lowest BCUT2D eigenvalue weighted by Crippen LogP contribution is -2.13. The smallest absolute Gasteiger partial charge is 0.259 e. The van der Waals surface area contributed by atoms with Gasteiger partial charge in [0.25, 0.3) is 5.91 Å². The van der Waals surface area contributed by atoms with Crippen LogP contribution in [0.4, 0.5) is 5.69 Å². The Morgan fingerprint density at radius 1 is 1.00 bits per heavy atom. The molecular weight excluding hydrogens is 378 g/mol. The number of nitrogens with one attached hydrogen (secondary N) is 1.